The summed E-state index contributed by atoms with van der Waals surface area (Å²) in [6.07, 6.45) is 5.80. The van der Waals surface area contributed by atoms with E-state index in [0.29, 0.717) is 34.1 Å². The Labute approximate surface area is 202 Å². The van der Waals surface area contributed by atoms with Crippen LogP contribution in [0.4, 0.5) is 5.69 Å². The van der Waals surface area contributed by atoms with Crippen LogP contribution in [0.3, 0.4) is 0 Å². The summed E-state index contributed by atoms with van der Waals surface area (Å²) in [4.78, 5) is 34.0. The summed E-state index contributed by atoms with van der Waals surface area (Å²) in [6, 6.07) is 6.86. The molecule has 0 bridgehead atoms. The van der Waals surface area contributed by atoms with Gasteiger partial charge in [-0.2, -0.15) is 0 Å². The molecule has 0 fully saturated rings. The van der Waals surface area contributed by atoms with Crippen molar-refractivity contribution >= 4 is 63.2 Å². The van der Waals surface area contributed by atoms with Crippen molar-refractivity contribution in [2.24, 2.45) is 0 Å². The van der Waals surface area contributed by atoms with E-state index in [1.54, 1.807) is 41.2 Å². The van der Waals surface area contributed by atoms with E-state index < -0.39 is 11.7 Å². The quantitative estimate of drug-likeness (QED) is 0.304. The molecule has 1 aliphatic rings. The number of halogens is 3. The van der Waals surface area contributed by atoms with Gasteiger partial charge in [0, 0.05) is 41.3 Å². The molecule has 0 atom stereocenters. The van der Waals surface area contributed by atoms with Crippen LogP contribution in [0.25, 0.3) is 11.0 Å². The molecule has 1 N–H and O–H groups in total. The lowest BCUT2D eigenvalue weighted by Gasteiger charge is -2.08. The van der Waals surface area contributed by atoms with Gasteiger partial charge >= 0.3 is 0 Å². The van der Waals surface area contributed by atoms with Crippen LogP contribution in [0, 0.1) is 0 Å². The highest BCUT2D eigenvalue weighted by Gasteiger charge is 2.24. The Morgan fingerprint density at radius 3 is 2.55 bits per heavy atom. The first kappa shape index (κ1) is 21.5. The first-order valence-electron chi connectivity index (χ1n) is 9.59. The molecule has 11 heteroatoms. The summed E-state index contributed by atoms with van der Waals surface area (Å²) < 4.78 is 12.5. The molecule has 3 aromatic heterocycles. The molecule has 0 spiro atoms. The van der Waals surface area contributed by atoms with Gasteiger partial charge in [-0.3, -0.25) is 14.6 Å². The maximum Gasteiger partial charge on any atom is 0.296 e. The van der Waals surface area contributed by atoms with Crippen LogP contribution in [0.15, 0.2) is 49.1 Å². The summed E-state index contributed by atoms with van der Waals surface area (Å²) in [5, 5.41) is 3.69. The normalized spacial score (nSPS) is 12.2. The lowest BCUT2D eigenvalue weighted by atomic mass is 10.1. The van der Waals surface area contributed by atoms with E-state index in [-0.39, 0.29) is 28.1 Å². The number of anilines is 1. The summed E-state index contributed by atoms with van der Waals surface area (Å²) in [5.74, 6) is -0.512. The van der Waals surface area contributed by atoms with E-state index in [2.05, 4.69) is 15.3 Å². The number of carbonyl (C=O) groups excluding carboxylic acids is 2. The molecule has 166 valence electrons. The van der Waals surface area contributed by atoms with Crippen LogP contribution >= 0.6 is 34.8 Å². The molecule has 0 aliphatic carbocycles. The van der Waals surface area contributed by atoms with E-state index in [9.17, 15) is 9.59 Å². The number of Topliss-reactive ketones (excluding diaryl/α,β-unsaturated/α-hetero) is 1. The summed E-state index contributed by atoms with van der Waals surface area (Å²) >= 11 is 18.5. The number of ether oxygens (including phenoxy) is 2. The number of hydrogen-bond donors (Lipinski definition) is 1. The monoisotopic (exact) mass is 502 g/mol. The van der Waals surface area contributed by atoms with Crippen molar-refractivity contribution in [3.8, 4) is 11.5 Å². The number of rotatable bonds is 5. The van der Waals surface area contributed by atoms with E-state index in [4.69, 9.17) is 44.3 Å². The number of nitrogens with one attached hydrogen (secondary N) is 1. The highest BCUT2D eigenvalue weighted by Crippen LogP contribution is 2.37. The number of hydrogen-bond acceptors (Lipinski definition) is 6. The van der Waals surface area contributed by atoms with Gasteiger partial charge in [0.25, 0.3) is 11.7 Å². The molecule has 1 amide bonds. The number of pyridine rings is 2. The molecule has 5 rings (SSSR count). The van der Waals surface area contributed by atoms with Crippen molar-refractivity contribution in [3.63, 3.8) is 0 Å². The first-order chi connectivity index (χ1) is 15.9. The van der Waals surface area contributed by atoms with Gasteiger partial charge < -0.3 is 19.4 Å². The Bertz CT molecular complexity index is 1420. The Hall–Kier alpha value is -3.33. The van der Waals surface area contributed by atoms with E-state index >= 15 is 0 Å². The molecule has 33 heavy (non-hydrogen) atoms. The van der Waals surface area contributed by atoms with Crippen LogP contribution in [-0.4, -0.2) is 33.0 Å². The predicted molar refractivity (Wildman–Crippen MR) is 124 cm³/mol. The Balaban J connectivity index is 1.49. The van der Waals surface area contributed by atoms with Gasteiger partial charge in [0.1, 0.15) is 5.65 Å². The summed E-state index contributed by atoms with van der Waals surface area (Å²) in [6.45, 7) is 0.419. The molecule has 0 radical (unpaired) electrons. The number of fused-ring (bicyclic) bond motifs is 2. The second-order valence-electron chi connectivity index (χ2n) is 7.10. The van der Waals surface area contributed by atoms with Gasteiger partial charge in [-0.15, -0.1) is 0 Å². The van der Waals surface area contributed by atoms with Crippen LogP contribution in [-0.2, 0) is 11.3 Å². The second-order valence-corrected chi connectivity index (χ2v) is 8.33. The smallest absolute Gasteiger partial charge is 0.296 e. The van der Waals surface area contributed by atoms with Crippen molar-refractivity contribution in [1.29, 1.82) is 0 Å². The maximum absolute atomic E-state index is 13.1. The average Bonchev–Trinajstić information content (AvgIpc) is 3.40. The Morgan fingerprint density at radius 1 is 1.06 bits per heavy atom. The minimum atomic E-state index is -0.894. The number of benzene rings is 1. The number of carbonyl (C=O) groups is 2. The van der Waals surface area contributed by atoms with Gasteiger partial charge in [0.05, 0.1) is 27.8 Å². The van der Waals surface area contributed by atoms with Gasteiger partial charge in [-0.1, -0.05) is 34.8 Å². The average molecular weight is 504 g/mol. The molecule has 8 nitrogen and oxygen atoms in total. The zero-order valence-electron chi connectivity index (χ0n) is 16.6. The van der Waals surface area contributed by atoms with Gasteiger partial charge in [0.2, 0.25) is 6.79 Å². The molecule has 4 heterocycles. The highest BCUT2D eigenvalue weighted by atomic mass is 35.5. The fourth-order valence-corrected chi connectivity index (χ4v) is 4.18. The van der Waals surface area contributed by atoms with Crippen molar-refractivity contribution in [2.45, 2.75) is 6.54 Å². The number of amides is 1. The third kappa shape index (κ3) is 3.97. The SMILES string of the molecule is O=C(Nc1c(Cl)cncc1Cl)C(=O)c1cn(Cc2cc3c(cc2Cl)OCO3)c2ncccc12. The topological polar surface area (TPSA) is 95.3 Å². The summed E-state index contributed by atoms with van der Waals surface area (Å²) in [5.41, 5.74) is 1.54. The predicted octanol–water partition coefficient (Wildman–Crippen LogP) is 4.99. The highest BCUT2D eigenvalue weighted by molar-refractivity contribution is 6.50. The zero-order chi connectivity index (χ0) is 23.1. The molecule has 0 saturated heterocycles. The lowest BCUT2D eigenvalue weighted by Crippen LogP contribution is -2.23. The fraction of sp³-hybridized carbons (Fsp3) is 0.0909. The molecule has 1 aromatic carbocycles. The number of aromatic nitrogens is 3. The number of ketones is 1. The largest absolute Gasteiger partial charge is 0.454 e. The van der Waals surface area contributed by atoms with E-state index in [1.807, 2.05) is 0 Å². The molecule has 0 unspecified atom stereocenters. The second kappa shape index (κ2) is 8.55. The van der Waals surface area contributed by atoms with Crippen molar-refractivity contribution in [1.82, 2.24) is 14.5 Å². The molecule has 0 saturated carbocycles. The van der Waals surface area contributed by atoms with Gasteiger partial charge in [-0.05, 0) is 23.8 Å². The maximum atomic E-state index is 13.1. The van der Waals surface area contributed by atoms with Gasteiger partial charge in [-0.25, -0.2) is 4.98 Å². The van der Waals surface area contributed by atoms with E-state index in [1.165, 1.54) is 12.4 Å². The van der Waals surface area contributed by atoms with Crippen LogP contribution in [0.5, 0.6) is 11.5 Å². The van der Waals surface area contributed by atoms with Crippen molar-refractivity contribution in [2.75, 3.05) is 12.1 Å². The lowest BCUT2D eigenvalue weighted by molar-refractivity contribution is -0.112. The van der Waals surface area contributed by atoms with E-state index in [0.717, 1.165) is 5.56 Å². The van der Waals surface area contributed by atoms with Crippen LogP contribution in [0.2, 0.25) is 15.1 Å². The van der Waals surface area contributed by atoms with Gasteiger partial charge in [0.15, 0.2) is 11.5 Å². The minimum absolute atomic E-state index is 0.112. The number of nitrogens with zero attached hydrogens (tertiary/aromatic N) is 3. The third-order valence-corrected chi connectivity index (χ3v) is 5.98. The standard InChI is InChI=1S/C22H13Cl3N4O4/c23-14-5-18-17(32-10-33-18)4-11(14)8-29-9-13(12-2-1-3-27-21(12)29)20(30)22(31)28-19-15(24)6-26-7-16(19)25/h1-7,9H,8,10H2,(H,26,28,31). The van der Waals surface area contributed by atoms with Crippen molar-refractivity contribution in [3.05, 3.63) is 75.2 Å². The van der Waals surface area contributed by atoms with Crippen LogP contribution < -0.4 is 14.8 Å². The Morgan fingerprint density at radius 2 is 1.79 bits per heavy atom. The molecule has 1 aliphatic heterocycles. The molecular formula is C22H13Cl3N4O4. The van der Waals surface area contributed by atoms with Crippen LogP contribution in [0.1, 0.15) is 15.9 Å². The van der Waals surface area contributed by atoms with Crippen molar-refractivity contribution < 1.29 is 19.1 Å². The fourth-order valence-electron chi connectivity index (χ4n) is 3.51. The molecule has 4 aromatic rings. The summed E-state index contributed by atoms with van der Waals surface area (Å²) in [7, 11) is 0. The minimum Gasteiger partial charge on any atom is -0.454 e. The zero-order valence-corrected chi connectivity index (χ0v) is 18.9. The molecular weight excluding hydrogens is 491 g/mol. The third-order valence-electron chi connectivity index (χ3n) is 5.06. The Kier molecular flexibility index (Phi) is 5.57. The first-order valence-corrected chi connectivity index (χ1v) is 10.7.